The maximum absolute atomic E-state index is 12.2. The summed E-state index contributed by atoms with van der Waals surface area (Å²) >= 11 is -3.48. The van der Waals surface area contributed by atoms with Crippen LogP contribution in [-0.2, 0) is 16.5 Å². The van der Waals surface area contributed by atoms with Gasteiger partial charge in [0.15, 0.2) is 0 Å². The number of halogens is 2. The Morgan fingerprint density at radius 2 is 2.08 bits per heavy atom. The Morgan fingerprint density at radius 3 is 2.38 bits per heavy atom. The lowest BCUT2D eigenvalue weighted by Crippen LogP contribution is -2.30. The molecule has 4 nitrogen and oxygen atoms in total. The summed E-state index contributed by atoms with van der Waals surface area (Å²) in [6.07, 6.45) is -1.59. The molecule has 13 heavy (non-hydrogen) atoms. The van der Waals surface area contributed by atoms with Crippen molar-refractivity contribution in [3.8, 4) is 0 Å². The van der Waals surface area contributed by atoms with Crippen LogP contribution in [-0.4, -0.2) is 21.8 Å². The zero-order chi connectivity index (χ0) is 10.6. The van der Waals surface area contributed by atoms with E-state index in [0.717, 1.165) is 0 Å². The van der Waals surface area contributed by atoms with Crippen molar-refractivity contribution < 1.29 is 22.5 Å². The molecule has 0 radical (unpaired) electrons. The number of hydrogen-bond acceptors (Lipinski definition) is 3. The Labute approximate surface area is 78.4 Å². The van der Waals surface area contributed by atoms with Crippen LogP contribution in [0.3, 0.4) is 0 Å². The fraction of sp³-hybridized carbons (Fsp3) is 0.833. The highest BCUT2D eigenvalue weighted by molar-refractivity contribution is 7.84. The van der Waals surface area contributed by atoms with Crippen LogP contribution in [0.15, 0.2) is 0 Å². The molecule has 1 atom stereocenters. The first-order valence-corrected chi connectivity index (χ1v) is 4.45. The van der Waals surface area contributed by atoms with E-state index in [0.29, 0.717) is 0 Å². The van der Waals surface area contributed by atoms with Gasteiger partial charge in [-0.05, 0) is 9.90 Å². The van der Waals surface area contributed by atoms with Crippen molar-refractivity contribution in [1.29, 1.82) is 0 Å². The summed E-state index contributed by atoms with van der Waals surface area (Å²) in [5, 5.41) is 0. The molecule has 0 saturated heterocycles. The molecule has 0 rings (SSSR count). The second-order valence-electron chi connectivity index (χ2n) is 3.57. The number of carbonyl (C=O) groups is 1. The molecule has 0 saturated carbocycles. The highest BCUT2D eigenvalue weighted by Gasteiger charge is 2.30. The Morgan fingerprint density at radius 1 is 1.62 bits per heavy atom. The van der Waals surface area contributed by atoms with Crippen molar-refractivity contribution >= 4 is 17.8 Å². The van der Waals surface area contributed by atoms with Crippen LogP contribution in [0.25, 0.3) is 0 Å². The Hall–Kier alpha value is -0.560. The van der Waals surface area contributed by atoms with E-state index >= 15 is 0 Å². The van der Waals surface area contributed by atoms with Crippen LogP contribution in [0.2, 0.25) is 0 Å². The number of ether oxygens (including phenoxy) is 1. The van der Waals surface area contributed by atoms with Crippen molar-refractivity contribution in [1.82, 2.24) is 4.53 Å². The van der Waals surface area contributed by atoms with Crippen LogP contribution in [0, 0.1) is 5.41 Å². The maximum Gasteiger partial charge on any atom is 0.485 e. The largest absolute Gasteiger partial charge is 0.553 e. The van der Waals surface area contributed by atoms with Gasteiger partial charge in [0.2, 0.25) is 0 Å². The smallest absolute Gasteiger partial charge is 0.485 e. The van der Waals surface area contributed by atoms with Crippen LogP contribution >= 0.6 is 0 Å². The molecule has 7 heteroatoms. The molecule has 1 unspecified atom stereocenters. The minimum absolute atomic E-state index is 0.0799. The fourth-order valence-electron chi connectivity index (χ4n) is 0.388. The molecule has 0 aliphatic carbocycles. The summed E-state index contributed by atoms with van der Waals surface area (Å²) in [5.41, 5.74) is -0.353. The summed E-state index contributed by atoms with van der Waals surface area (Å²) < 4.78 is 36.9. The third kappa shape index (κ3) is 5.64. The summed E-state index contributed by atoms with van der Waals surface area (Å²) in [6.45, 7) is 5.16. The Balaban J connectivity index is 3.89. The SMILES string of the molecule is CC(C)(C)COC(=O)N(F)[S+]([O-])F. The van der Waals surface area contributed by atoms with Gasteiger partial charge in [-0.15, -0.1) is 0 Å². The molecule has 0 aromatic carbocycles. The quantitative estimate of drug-likeness (QED) is 0.522. The molecule has 0 N–H and O–H groups in total. The van der Waals surface area contributed by atoms with Crippen molar-refractivity contribution in [2.45, 2.75) is 20.8 Å². The molecule has 0 aliphatic rings. The highest BCUT2D eigenvalue weighted by atomic mass is 32.3. The lowest BCUT2D eigenvalue weighted by molar-refractivity contribution is 0.0445. The van der Waals surface area contributed by atoms with Gasteiger partial charge in [0, 0.05) is 0 Å². The monoisotopic (exact) mass is 215 g/mol. The second-order valence-corrected chi connectivity index (χ2v) is 4.30. The standard InChI is InChI=1S/C6H11F2NO3S/c1-6(2,3)4-12-5(10)9(7)13(8)11/h4H2,1-3H3. The van der Waals surface area contributed by atoms with E-state index in [4.69, 9.17) is 0 Å². The highest BCUT2D eigenvalue weighted by Crippen LogP contribution is 2.15. The van der Waals surface area contributed by atoms with Gasteiger partial charge in [-0.25, -0.2) is 4.79 Å². The number of amides is 1. The molecule has 0 aromatic heterocycles. The molecular formula is C6H11F2NO3S. The molecule has 1 amide bonds. The third-order valence-electron chi connectivity index (χ3n) is 0.898. The van der Waals surface area contributed by atoms with E-state index in [-0.39, 0.29) is 12.0 Å². The van der Waals surface area contributed by atoms with Gasteiger partial charge < -0.3 is 9.29 Å². The van der Waals surface area contributed by atoms with Crippen molar-refractivity contribution in [3.05, 3.63) is 0 Å². The van der Waals surface area contributed by atoms with Gasteiger partial charge in [0.05, 0.1) is 15.0 Å². The summed E-state index contributed by atoms with van der Waals surface area (Å²) in [4.78, 5) is 10.5. The van der Waals surface area contributed by atoms with Crippen molar-refractivity contribution in [2.24, 2.45) is 5.41 Å². The van der Waals surface area contributed by atoms with E-state index in [9.17, 15) is 17.7 Å². The zero-order valence-electron chi connectivity index (χ0n) is 7.54. The van der Waals surface area contributed by atoms with Gasteiger partial charge in [-0.3, -0.25) is 0 Å². The molecule has 0 fully saturated rings. The van der Waals surface area contributed by atoms with Gasteiger partial charge in [0.1, 0.15) is 0 Å². The lowest BCUT2D eigenvalue weighted by Gasteiger charge is -2.17. The van der Waals surface area contributed by atoms with E-state index in [1.807, 2.05) is 0 Å². The number of hydrogen-bond donors (Lipinski definition) is 0. The minimum atomic E-state index is -3.48. The average Bonchev–Trinajstić information content (AvgIpc) is 1.97. The first-order valence-electron chi connectivity index (χ1n) is 3.45. The van der Waals surface area contributed by atoms with Gasteiger partial charge in [0.25, 0.3) is 0 Å². The molecule has 0 aliphatic heterocycles. The Bertz CT molecular complexity index is 183. The fourth-order valence-corrected chi connectivity index (χ4v) is 0.558. The van der Waals surface area contributed by atoms with Gasteiger partial charge in [-0.2, -0.15) is 0 Å². The molecule has 78 valence electrons. The van der Waals surface area contributed by atoms with E-state index in [2.05, 4.69) is 4.74 Å². The van der Waals surface area contributed by atoms with Crippen LogP contribution in [0.5, 0.6) is 0 Å². The predicted octanol–water partition coefficient (Wildman–Crippen LogP) is 1.90. The predicted molar refractivity (Wildman–Crippen MR) is 43.0 cm³/mol. The summed E-state index contributed by atoms with van der Waals surface area (Å²) in [5.74, 6) is 0. The average molecular weight is 215 g/mol. The first kappa shape index (κ1) is 12.4. The van der Waals surface area contributed by atoms with Gasteiger partial charge >= 0.3 is 17.8 Å². The van der Waals surface area contributed by atoms with Crippen LogP contribution in [0.4, 0.5) is 13.2 Å². The minimum Gasteiger partial charge on any atom is -0.553 e. The molecule has 0 heterocycles. The van der Waals surface area contributed by atoms with Crippen molar-refractivity contribution in [3.63, 3.8) is 0 Å². The topological polar surface area (TPSA) is 52.6 Å². The van der Waals surface area contributed by atoms with E-state index in [1.54, 1.807) is 20.8 Å². The number of rotatable bonds is 2. The number of carbonyl (C=O) groups excluding carboxylic acids is 1. The van der Waals surface area contributed by atoms with Crippen LogP contribution in [0.1, 0.15) is 20.8 Å². The van der Waals surface area contributed by atoms with Gasteiger partial charge in [-0.1, -0.05) is 20.8 Å². The summed E-state index contributed by atoms with van der Waals surface area (Å²) in [7, 11) is 0. The van der Waals surface area contributed by atoms with E-state index < -0.39 is 22.4 Å². The van der Waals surface area contributed by atoms with E-state index in [1.165, 1.54) is 0 Å². The summed E-state index contributed by atoms with van der Waals surface area (Å²) in [6, 6.07) is 0. The maximum atomic E-state index is 12.2. The lowest BCUT2D eigenvalue weighted by atomic mass is 9.99. The molecule has 0 bridgehead atoms. The molecule has 0 aromatic rings. The normalized spacial score (nSPS) is 13.7. The van der Waals surface area contributed by atoms with Crippen LogP contribution < -0.4 is 0 Å². The third-order valence-corrected chi connectivity index (χ3v) is 1.30. The van der Waals surface area contributed by atoms with Crippen molar-refractivity contribution in [2.75, 3.05) is 6.61 Å². The zero-order valence-corrected chi connectivity index (χ0v) is 8.36. The first-order chi connectivity index (χ1) is 5.74. The molecule has 0 spiro atoms. The molecular weight excluding hydrogens is 204 g/mol. The Kier molecular flexibility index (Phi) is 4.41. The number of nitrogens with zero attached hydrogens (tertiary/aromatic N) is 1. The second kappa shape index (κ2) is 4.61.